The third-order valence-corrected chi connectivity index (χ3v) is 1.19. The van der Waals surface area contributed by atoms with E-state index < -0.39 is 0 Å². The third-order valence-electron chi connectivity index (χ3n) is 1.19. The second-order valence-electron chi connectivity index (χ2n) is 2.24. The number of nitrogens with zero attached hydrogens (tertiary/aromatic N) is 2. The highest BCUT2D eigenvalue weighted by Crippen LogP contribution is 1.88. The summed E-state index contributed by atoms with van der Waals surface area (Å²) in [4.78, 5) is 5.11. The summed E-state index contributed by atoms with van der Waals surface area (Å²) in [5, 5.41) is 7.31. The lowest BCUT2D eigenvalue weighted by Crippen LogP contribution is -2.31. The van der Waals surface area contributed by atoms with Gasteiger partial charge in [-0.3, -0.25) is 5.41 Å². The van der Waals surface area contributed by atoms with Gasteiger partial charge in [-0.2, -0.15) is 4.99 Å². The molecule has 0 aliphatic heterocycles. The summed E-state index contributed by atoms with van der Waals surface area (Å²) >= 11 is 0. The van der Waals surface area contributed by atoms with Crippen LogP contribution in [0.5, 0.6) is 0 Å². The first-order valence-electron chi connectivity index (χ1n) is 3.40. The molecule has 0 saturated carbocycles. The second kappa shape index (κ2) is 5.02. The van der Waals surface area contributed by atoms with E-state index in [1.165, 1.54) is 0 Å². The Balaban J connectivity index is 3.95. The van der Waals surface area contributed by atoms with Gasteiger partial charge < -0.3 is 16.4 Å². The van der Waals surface area contributed by atoms with Gasteiger partial charge in [0.1, 0.15) is 0 Å². The Morgan fingerprint density at radius 1 is 1.67 bits per heavy atom. The van der Waals surface area contributed by atoms with E-state index in [9.17, 15) is 0 Å². The van der Waals surface area contributed by atoms with Crippen molar-refractivity contribution in [2.24, 2.45) is 16.5 Å². The molecule has 0 aromatic carbocycles. The zero-order valence-corrected chi connectivity index (χ0v) is 7.04. The summed E-state index contributed by atoms with van der Waals surface area (Å²) in [6, 6.07) is 0. The summed E-state index contributed by atoms with van der Waals surface area (Å²) in [5.74, 6) is 2.36. The van der Waals surface area contributed by atoms with Crippen LogP contribution in [0.4, 0.5) is 0 Å². The highest BCUT2D eigenvalue weighted by Gasteiger charge is 2.00. The Morgan fingerprint density at radius 3 is 2.67 bits per heavy atom. The normalized spacial score (nSPS) is 8.33. The third kappa shape index (κ3) is 4.17. The summed E-state index contributed by atoms with van der Waals surface area (Å²) in [6.45, 7) is 0.576. The highest BCUT2D eigenvalue weighted by molar-refractivity contribution is 5.91. The zero-order chi connectivity index (χ0) is 9.56. The average molecular weight is 167 g/mol. The van der Waals surface area contributed by atoms with Crippen molar-refractivity contribution in [3.05, 3.63) is 0 Å². The molecule has 0 saturated heterocycles. The van der Waals surface area contributed by atoms with E-state index in [0.717, 1.165) is 0 Å². The molecule has 0 amide bonds. The van der Waals surface area contributed by atoms with Crippen molar-refractivity contribution in [1.29, 1.82) is 5.41 Å². The fourth-order valence-electron chi connectivity index (χ4n) is 0.546. The largest absolute Gasteiger partial charge is 0.370 e. The predicted molar refractivity (Wildman–Crippen MR) is 49.6 cm³/mol. The molecule has 0 aliphatic carbocycles. The van der Waals surface area contributed by atoms with E-state index >= 15 is 0 Å². The van der Waals surface area contributed by atoms with Crippen molar-refractivity contribution in [1.82, 2.24) is 4.90 Å². The van der Waals surface area contributed by atoms with Gasteiger partial charge in [-0.05, 0) is 0 Å². The van der Waals surface area contributed by atoms with Crippen molar-refractivity contribution < 1.29 is 0 Å². The molecule has 0 rings (SSSR count). The van der Waals surface area contributed by atoms with Crippen LogP contribution in [0.25, 0.3) is 0 Å². The lowest BCUT2D eigenvalue weighted by molar-refractivity contribution is 0.508. The van der Waals surface area contributed by atoms with Gasteiger partial charge >= 0.3 is 0 Å². The van der Waals surface area contributed by atoms with Crippen molar-refractivity contribution in [3.8, 4) is 12.3 Å². The van der Waals surface area contributed by atoms with Crippen LogP contribution in [-0.2, 0) is 0 Å². The number of terminal acetylenes is 1. The highest BCUT2D eigenvalue weighted by atomic mass is 15.2. The van der Waals surface area contributed by atoms with Crippen molar-refractivity contribution in [2.45, 2.75) is 6.42 Å². The molecule has 5 N–H and O–H groups in total. The van der Waals surface area contributed by atoms with Crippen LogP contribution >= 0.6 is 0 Å². The average Bonchev–Trinajstić information content (AvgIpc) is 1.98. The van der Waals surface area contributed by atoms with E-state index in [1.807, 2.05) is 0 Å². The van der Waals surface area contributed by atoms with Gasteiger partial charge in [0, 0.05) is 20.0 Å². The molecule has 5 heteroatoms. The van der Waals surface area contributed by atoms with Crippen LogP contribution < -0.4 is 11.5 Å². The van der Waals surface area contributed by atoms with Crippen molar-refractivity contribution in [3.63, 3.8) is 0 Å². The number of nitrogens with one attached hydrogen (secondary N) is 1. The van der Waals surface area contributed by atoms with Crippen molar-refractivity contribution in [2.75, 3.05) is 13.6 Å². The molecule has 5 nitrogen and oxygen atoms in total. The van der Waals surface area contributed by atoms with Gasteiger partial charge in [-0.25, -0.2) is 0 Å². The maximum Gasteiger partial charge on any atom is 0.220 e. The number of guanidine groups is 2. The predicted octanol–water partition coefficient (Wildman–Crippen LogP) is -0.850. The molecular formula is C7H13N5. The topological polar surface area (TPSA) is 91.5 Å². The standard InChI is InChI=1S/C7H13N5/c1-3-4-5-12(2)7(10)11-6(8)9/h1H,4-5H2,2H3,(H5,8,9,10,11). The fraction of sp³-hybridized carbons (Fsp3) is 0.429. The molecule has 0 bridgehead atoms. The lowest BCUT2D eigenvalue weighted by Gasteiger charge is -2.14. The Bertz CT molecular complexity index is 220. The molecule has 0 fully saturated rings. The van der Waals surface area contributed by atoms with Gasteiger partial charge in [0.25, 0.3) is 0 Å². The van der Waals surface area contributed by atoms with Gasteiger partial charge in [0.05, 0.1) is 0 Å². The summed E-state index contributed by atoms with van der Waals surface area (Å²) in [5.41, 5.74) is 10.2. The minimum atomic E-state index is -0.118. The van der Waals surface area contributed by atoms with Crippen molar-refractivity contribution >= 4 is 11.9 Å². The Hall–Kier alpha value is -1.70. The van der Waals surface area contributed by atoms with E-state index in [4.69, 9.17) is 23.3 Å². The number of aliphatic imine (C=N–C) groups is 1. The van der Waals surface area contributed by atoms with Crippen LogP contribution in [0.1, 0.15) is 6.42 Å². The number of rotatable bonds is 2. The number of nitrogens with two attached hydrogens (primary N) is 2. The molecule has 0 aromatic rings. The first-order valence-corrected chi connectivity index (χ1v) is 3.40. The zero-order valence-electron chi connectivity index (χ0n) is 7.04. The van der Waals surface area contributed by atoms with E-state index in [2.05, 4.69) is 10.9 Å². The van der Waals surface area contributed by atoms with Crippen LogP contribution in [-0.4, -0.2) is 30.4 Å². The molecular weight excluding hydrogens is 154 g/mol. The molecule has 66 valence electrons. The lowest BCUT2D eigenvalue weighted by atomic mass is 10.4. The van der Waals surface area contributed by atoms with Gasteiger partial charge in [-0.1, -0.05) is 0 Å². The smallest absolute Gasteiger partial charge is 0.220 e. The minimum absolute atomic E-state index is 0.0188. The SMILES string of the molecule is C#CCCN(C)C(=N)N=C(N)N. The van der Waals surface area contributed by atoms with Crippen LogP contribution in [0.2, 0.25) is 0 Å². The maximum absolute atomic E-state index is 7.31. The molecule has 0 aromatic heterocycles. The quantitative estimate of drug-likeness (QED) is 0.284. The van der Waals surface area contributed by atoms with Gasteiger partial charge in [-0.15, -0.1) is 12.3 Å². The van der Waals surface area contributed by atoms with Crippen LogP contribution in [0.15, 0.2) is 4.99 Å². The Labute approximate surface area is 71.9 Å². The first kappa shape index (κ1) is 10.3. The Morgan fingerprint density at radius 2 is 2.25 bits per heavy atom. The van der Waals surface area contributed by atoms with E-state index in [-0.39, 0.29) is 11.9 Å². The second-order valence-corrected chi connectivity index (χ2v) is 2.24. The minimum Gasteiger partial charge on any atom is -0.370 e. The molecule has 0 unspecified atom stereocenters. The van der Waals surface area contributed by atoms with E-state index in [0.29, 0.717) is 13.0 Å². The molecule has 0 atom stereocenters. The maximum atomic E-state index is 7.31. The summed E-state index contributed by atoms with van der Waals surface area (Å²) in [7, 11) is 1.70. The molecule has 0 spiro atoms. The first-order chi connectivity index (χ1) is 5.57. The van der Waals surface area contributed by atoms with Crippen LogP contribution in [0.3, 0.4) is 0 Å². The fourth-order valence-corrected chi connectivity index (χ4v) is 0.546. The van der Waals surface area contributed by atoms with Crippen LogP contribution in [0, 0.1) is 17.8 Å². The monoisotopic (exact) mass is 167 g/mol. The summed E-state index contributed by atoms with van der Waals surface area (Å²) < 4.78 is 0. The van der Waals surface area contributed by atoms with Gasteiger partial charge in [0.15, 0.2) is 5.96 Å². The molecule has 0 aliphatic rings. The molecule has 0 heterocycles. The van der Waals surface area contributed by atoms with Gasteiger partial charge in [0.2, 0.25) is 5.96 Å². The van der Waals surface area contributed by atoms with E-state index in [1.54, 1.807) is 11.9 Å². The molecule has 0 radical (unpaired) electrons. The summed E-state index contributed by atoms with van der Waals surface area (Å²) in [6.07, 6.45) is 5.61. The number of hydrogen-bond acceptors (Lipinski definition) is 1. The number of hydrogen-bond donors (Lipinski definition) is 3. The Kier molecular flexibility index (Phi) is 4.31. The molecule has 12 heavy (non-hydrogen) atoms.